The smallest absolute Gasteiger partial charge is 0.258 e. The lowest BCUT2D eigenvalue weighted by Gasteiger charge is -2.13. The number of hydrogen-bond donors (Lipinski definition) is 3. The maximum absolute atomic E-state index is 12.6. The molecule has 0 atom stereocenters. The Bertz CT molecular complexity index is 793. The molecule has 0 aliphatic rings. The van der Waals surface area contributed by atoms with E-state index in [1.807, 2.05) is 13.0 Å². The summed E-state index contributed by atoms with van der Waals surface area (Å²) in [5, 5.41) is 13.7. The Morgan fingerprint density at radius 1 is 1.40 bits per heavy atom. The van der Waals surface area contributed by atoms with Crippen LogP contribution in [0.25, 0.3) is 0 Å². The van der Waals surface area contributed by atoms with E-state index in [0.29, 0.717) is 29.4 Å². The molecule has 25 heavy (non-hydrogen) atoms. The number of pyridine rings is 1. The van der Waals surface area contributed by atoms with Crippen molar-refractivity contribution in [3.05, 3.63) is 46.6 Å². The normalized spacial score (nSPS) is 10.2. The van der Waals surface area contributed by atoms with E-state index in [1.54, 1.807) is 32.2 Å². The molecule has 132 valence electrons. The molecule has 6 nitrogen and oxygen atoms in total. The van der Waals surface area contributed by atoms with Gasteiger partial charge in [0.15, 0.2) is 0 Å². The lowest BCUT2D eigenvalue weighted by atomic mass is 10.1. The molecule has 2 aromatic rings. The van der Waals surface area contributed by atoms with Gasteiger partial charge in [-0.3, -0.25) is 4.79 Å². The quantitative estimate of drug-likeness (QED) is 0.645. The summed E-state index contributed by atoms with van der Waals surface area (Å²) in [6.45, 7) is 4.24. The Hall–Kier alpha value is -2.60. The van der Waals surface area contributed by atoms with Gasteiger partial charge in [0, 0.05) is 30.7 Å². The van der Waals surface area contributed by atoms with Crippen LogP contribution in [0.15, 0.2) is 30.5 Å². The van der Waals surface area contributed by atoms with Crippen molar-refractivity contribution in [2.45, 2.75) is 20.3 Å². The zero-order chi connectivity index (χ0) is 18.4. The van der Waals surface area contributed by atoms with Gasteiger partial charge in [-0.15, -0.1) is 0 Å². The lowest BCUT2D eigenvalue weighted by Crippen LogP contribution is -2.15. The molecule has 0 spiro atoms. The van der Waals surface area contributed by atoms with E-state index in [-0.39, 0.29) is 16.3 Å². The minimum Gasteiger partial charge on any atom is -0.494 e. The maximum atomic E-state index is 12.6. The summed E-state index contributed by atoms with van der Waals surface area (Å²) in [5.74, 6) is 0.754. The highest BCUT2D eigenvalue weighted by Gasteiger charge is 2.19. The van der Waals surface area contributed by atoms with Gasteiger partial charge in [-0.1, -0.05) is 24.6 Å². The Morgan fingerprint density at radius 2 is 2.16 bits per heavy atom. The maximum Gasteiger partial charge on any atom is 0.258 e. The van der Waals surface area contributed by atoms with Crippen molar-refractivity contribution in [2.75, 3.05) is 24.3 Å². The van der Waals surface area contributed by atoms with E-state index in [2.05, 4.69) is 15.6 Å². The van der Waals surface area contributed by atoms with Crippen LogP contribution in [-0.2, 0) is 0 Å². The number of hydrogen-bond acceptors (Lipinski definition) is 5. The van der Waals surface area contributed by atoms with Crippen molar-refractivity contribution in [1.29, 1.82) is 5.41 Å². The molecular weight excluding hydrogens is 340 g/mol. The number of anilines is 2. The van der Waals surface area contributed by atoms with Crippen LogP contribution in [0.4, 0.5) is 11.5 Å². The third kappa shape index (κ3) is 4.48. The van der Waals surface area contributed by atoms with E-state index < -0.39 is 5.91 Å². The van der Waals surface area contributed by atoms with E-state index in [0.717, 1.165) is 6.42 Å². The second kappa shape index (κ2) is 8.48. The summed E-state index contributed by atoms with van der Waals surface area (Å²) in [5.41, 5.74) is 1.45. The molecule has 0 saturated heterocycles. The fraction of sp³-hybridized carbons (Fsp3) is 0.278. The molecule has 0 aliphatic heterocycles. The number of amides is 1. The first kappa shape index (κ1) is 18.7. The standard InChI is InChI=1S/C18H21ClN4O2/c1-4-8-25-13-7-5-6-12(9-13)23-18(24)14-10-22-17(21-3)15(11(2)20)16(14)19/h5-7,9-10,20H,4,8H2,1-3H3,(H,21,22)(H,23,24). The predicted octanol–water partition coefficient (Wildman–Crippen LogP) is 4.21. The number of rotatable bonds is 7. The van der Waals surface area contributed by atoms with Crippen molar-refractivity contribution >= 4 is 34.7 Å². The van der Waals surface area contributed by atoms with Crippen molar-refractivity contribution < 1.29 is 9.53 Å². The highest BCUT2D eigenvalue weighted by atomic mass is 35.5. The third-order valence-electron chi connectivity index (χ3n) is 3.44. The van der Waals surface area contributed by atoms with E-state index in [4.69, 9.17) is 21.7 Å². The number of benzene rings is 1. The van der Waals surface area contributed by atoms with E-state index in [9.17, 15) is 4.79 Å². The van der Waals surface area contributed by atoms with E-state index >= 15 is 0 Å². The van der Waals surface area contributed by atoms with Gasteiger partial charge >= 0.3 is 0 Å². The average Bonchev–Trinajstić information content (AvgIpc) is 2.59. The number of carbonyl (C=O) groups excluding carboxylic acids is 1. The van der Waals surface area contributed by atoms with Gasteiger partial charge in [0.2, 0.25) is 0 Å². The van der Waals surface area contributed by atoms with Crippen molar-refractivity contribution in [2.24, 2.45) is 0 Å². The van der Waals surface area contributed by atoms with Gasteiger partial charge in [0.1, 0.15) is 11.6 Å². The zero-order valence-corrected chi connectivity index (χ0v) is 15.2. The van der Waals surface area contributed by atoms with Crippen molar-refractivity contribution in [1.82, 2.24) is 4.98 Å². The number of halogens is 1. The molecule has 0 unspecified atom stereocenters. The number of nitrogens with one attached hydrogen (secondary N) is 3. The Kier molecular flexibility index (Phi) is 6.36. The van der Waals surface area contributed by atoms with Crippen LogP contribution in [0.5, 0.6) is 5.75 Å². The lowest BCUT2D eigenvalue weighted by molar-refractivity contribution is 0.102. The Morgan fingerprint density at radius 3 is 2.80 bits per heavy atom. The highest BCUT2D eigenvalue weighted by Crippen LogP contribution is 2.27. The predicted molar refractivity (Wildman–Crippen MR) is 101 cm³/mol. The largest absolute Gasteiger partial charge is 0.494 e. The Labute approximate surface area is 152 Å². The first-order valence-corrected chi connectivity index (χ1v) is 8.31. The van der Waals surface area contributed by atoms with Gasteiger partial charge in [0.25, 0.3) is 5.91 Å². The number of ether oxygens (including phenoxy) is 1. The molecule has 1 aromatic heterocycles. The fourth-order valence-corrected chi connectivity index (χ4v) is 2.63. The van der Waals surface area contributed by atoms with Crippen molar-refractivity contribution in [3.8, 4) is 5.75 Å². The van der Waals surface area contributed by atoms with Gasteiger partial charge in [0.05, 0.1) is 22.8 Å². The summed E-state index contributed by atoms with van der Waals surface area (Å²) in [6.07, 6.45) is 2.30. The summed E-state index contributed by atoms with van der Waals surface area (Å²) >= 11 is 6.34. The van der Waals surface area contributed by atoms with Gasteiger partial charge in [-0.05, 0) is 25.5 Å². The topological polar surface area (TPSA) is 87.1 Å². The molecule has 3 N–H and O–H groups in total. The molecule has 2 rings (SSSR count). The van der Waals surface area contributed by atoms with Gasteiger partial charge in [-0.2, -0.15) is 0 Å². The molecule has 1 heterocycles. The minimum atomic E-state index is -0.393. The van der Waals surface area contributed by atoms with Gasteiger partial charge in [-0.25, -0.2) is 4.98 Å². The van der Waals surface area contributed by atoms with Crippen LogP contribution in [0.3, 0.4) is 0 Å². The summed E-state index contributed by atoms with van der Waals surface area (Å²) in [4.78, 5) is 16.7. The molecule has 0 bridgehead atoms. The van der Waals surface area contributed by atoms with E-state index in [1.165, 1.54) is 6.20 Å². The molecular formula is C18H21ClN4O2. The molecule has 0 saturated carbocycles. The fourth-order valence-electron chi connectivity index (χ4n) is 2.26. The third-order valence-corrected chi connectivity index (χ3v) is 3.83. The number of aromatic nitrogens is 1. The first-order chi connectivity index (χ1) is 12.0. The number of carbonyl (C=O) groups is 1. The summed E-state index contributed by atoms with van der Waals surface area (Å²) in [6, 6.07) is 7.15. The van der Waals surface area contributed by atoms with Crippen LogP contribution in [0.1, 0.15) is 36.2 Å². The van der Waals surface area contributed by atoms with Crippen molar-refractivity contribution in [3.63, 3.8) is 0 Å². The van der Waals surface area contributed by atoms with Crippen LogP contribution in [0.2, 0.25) is 5.02 Å². The summed E-state index contributed by atoms with van der Waals surface area (Å²) < 4.78 is 5.56. The Balaban J connectivity index is 2.27. The first-order valence-electron chi connectivity index (χ1n) is 7.93. The molecule has 0 fully saturated rings. The average molecular weight is 361 g/mol. The molecule has 0 aliphatic carbocycles. The molecule has 0 radical (unpaired) electrons. The minimum absolute atomic E-state index is 0.197. The highest BCUT2D eigenvalue weighted by molar-refractivity contribution is 6.38. The van der Waals surface area contributed by atoms with Crippen LogP contribution >= 0.6 is 11.6 Å². The summed E-state index contributed by atoms with van der Waals surface area (Å²) in [7, 11) is 1.69. The second-order valence-electron chi connectivity index (χ2n) is 5.41. The molecule has 1 aromatic carbocycles. The van der Waals surface area contributed by atoms with Crippen LogP contribution < -0.4 is 15.4 Å². The SMILES string of the molecule is CCCOc1cccc(NC(=O)c2cnc(NC)c(C(C)=N)c2Cl)c1. The van der Waals surface area contributed by atoms with Crippen LogP contribution in [-0.4, -0.2) is 30.3 Å². The van der Waals surface area contributed by atoms with Gasteiger partial charge < -0.3 is 20.8 Å². The monoisotopic (exact) mass is 360 g/mol. The second-order valence-corrected chi connectivity index (χ2v) is 5.79. The molecule has 7 heteroatoms. The molecule has 1 amide bonds. The zero-order valence-electron chi connectivity index (χ0n) is 14.4. The van der Waals surface area contributed by atoms with Crippen LogP contribution in [0, 0.1) is 5.41 Å². The number of nitrogens with zero attached hydrogens (tertiary/aromatic N) is 1.